The van der Waals surface area contributed by atoms with Crippen LogP contribution in [0.1, 0.15) is 37.9 Å². The summed E-state index contributed by atoms with van der Waals surface area (Å²) in [5, 5.41) is 10.1. The van der Waals surface area contributed by atoms with Crippen molar-refractivity contribution in [2.45, 2.75) is 39.1 Å². The molecule has 0 saturated heterocycles. The van der Waals surface area contributed by atoms with Crippen LogP contribution in [0.3, 0.4) is 0 Å². The van der Waals surface area contributed by atoms with E-state index in [9.17, 15) is 18.3 Å². The highest BCUT2D eigenvalue weighted by molar-refractivity contribution is 9.10. The Morgan fingerprint density at radius 3 is 2.16 bits per heavy atom. The average Bonchev–Trinajstić information content (AvgIpc) is 2.25. The summed E-state index contributed by atoms with van der Waals surface area (Å²) in [5.74, 6) is 0. The van der Waals surface area contributed by atoms with Crippen molar-refractivity contribution in [3.63, 3.8) is 0 Å². The Morgan fingerprint density at radius 1 is 1.21 bits per heavy atom. The molecule has 19 heavy (non-hydrogen) atoms. The van der Waals surface area contributed by atoms with Crippen molar-refractivity contribution < 1.29 is 18.3 Å². The van der Waals surface area contributed by atoms with Crippen LogP contribution in [0.2, 0.25) is 0 Å². The van der Waals surface area contributed by atoms with E-state index in [1.54, 1.807) is 20.8 Å². The molecule has 1 rings (SSSR count). The van der Waals surface area contributed by atoms with E-state index in [-0.39, 0.29) is 5.56 Å². The number of halogens is 4. The van der Waals surface area contributed by atoms with E-state index < -0.39 is 29.3 Å². The number of hydrogen-bond donors (Lipinski definition) is 2. The topological polar surface area (TPSA) is 46.2 Å². The largest absolute Gasteiger partial charge is 0.416 e. The van der Waals surface area contributed by atoms with Gasteiger partial charge in [-0.2, -0.15) is 13.2 Å². The highest BCUT2D eigenvalue weighted by Gasteiger charge is 2.34. The van der Waals surface area contributed by atoms with Gasteiger partial charge < -0.3 is 10.8 Å². The fraction of sp³-hybridized carbons (Fsp3) is 0.538. The number of nitrogens with two attached hydrogens (primary N) is 1. The smallest absolute Gasteiger partial charge is 0.391 e. The molecule has 3 N–H and O–H groups in total. The van der Waals surface area contributed by atoms with Crippen LogP contribution in [-0.4, -0.2) is 11.2 Å². The predicted octanol–water partition coefficient (Wildman–Crippen LogP) is 3.87. The Labute approximate surface area is 118 Å². The van der Waals surface area contributed by atoms with E-state index in [1.807, 2.05) is 0 Å². The highest BCUT2D eigenvalue weighted by Crippen LogP contribution is 2.36. The summed E-state index contributed by atoms with van der Waals surface area (Å²) >= 11 is 3.17. The molecule has 0 radical (unpaired) electrons. The molecule has 0 saturated carbocycles. The number of aliphatic hydroxyl groups excluding tert-OH is 1. The Kier molecular flexibility index (Phi) is 4.70. The maximum atomic E-state index is 12.7. The fourth-order valence-corrected chi connectivity index (χ4v) is 2.20. The van der Waals surface area contributed by atoms with Gasteiger partial charge in [-0.3, -0.25) is 0 Å². The molecule has 0 bridgehead atoms. The molecule has 0 aliphatic heterocycles. The number of rotatable bonds is 2. The lowest BCUT2D eigenvalue weighted by atomic mass is 9.82. The maximum Gasteiger partial charge on any atom is 0.416 e. The second kappa shape index (κ2) is 5.42. The van der Waals surface area contributed by atoms with Gasteiger partial charge in [0, 0.05) is 4.47 Å². The highest BCUT2D eigenvalue weighted by atomic mass is 79.9. The SMILES string of the molecule is CC(C)(C)[C@H](O)[C@H](N)c1cc(C(F)(F)F)ccc1Br. The summed E-state index contributed by atoms with van der Waals surface area (Å²) in [4.78, 5) is 0. The fourth-order valence-electron chi connectivity index (χ4n) is 1.68. The molecule has 0 amide bonds. The van der Waals surface area contributed by atoms with Crippen LogP contribution in [0.5, 0.6) is 0 Å². The lowest BCUT2D eigenvalue weighted by molar-refractivity contribution is -0.137. The van der Waals surface area contributed by atoms with E-state index >= 15 is 0 Å². The minimum Gasteiger partial charge on any atom is -0.391 e. The third kappa shape index (κ3) is 3.94. The van der Waals surface area contributed by atoms with Crippen molar-refractivity contribution in [3.05, 3.63) is 33.8 Å². The van der Waals surface area contributed by atoms with E-state index in [0.29, 0.717) is 4.47 Å². The summed E-state index contributed by atoms with van der Waals surface area (Å²) in [5.41, 5.74) is 4.84. The maximum absolute atomic E-state index is 12.7. The number of alkyl halides is 3. The van der Waals surface area contributed by atoms with Crippen LogP contribution >= 0.6 is 15.9 Å². The second-order valence-electron chi connectivity index (χ2n) is 5.57. The summed E-state index contributed by atoms with van der Waals surface area (Å²) in [6.07, 6.45) is -5.38. The van der Waals surface area contributed by atoms with E-state index in [1.165, 1.54) is 6.07 Å². The van der Waals surface area contributed by atoms with Crippen LogP contribution in [0, 0.1) is 5.41 Å². The van der Waals surface area contributed by atoms with Gasteiger partial charge in [0.15, 0.2) is 0 Å². The molecule has 6 heteroatoms. The normalized spacial score (nSPS) is 16.3. The molecule has 0 aromatic heterocycles. The van der Waals surface area contributed by atoms with Crippen LogP contribution in [-0.2, 0) is 6.18 Å². The minimum atomic E-state index is -4.43. The molecule has 0 aliphatic rings. The third-order valence-electron chi connectivity index (χ3n) is 2.91. The van der Waals surface area contributed by atoms with Gasteiger partial charge in [0.1, 0.15) is 0 Å². The van der Waals surface area contributed by atoms with Gasteiger partial charge in [0.2, 0.25) is 0 Å². The second-order valence-corrected chi connectivity index (χ2v) is 6.43. The Morgan fingerprint density at radius 2 is 1.74 bits per heavy atom. The van der Waals surface area contributed by atoms with Crippen molar-refractivity contribution in [1.29, 1.82) is 0 Å². The van der Waals surface area contributed by atoms with Crippen LogP contribution in [0.4, 0.5) is 13.2 Å². The Hall–Kier alpha value is -0.590. The third-order valence-corrected chi connectivity index (χ3v) is 3.63. The Balaban J connectivity index is 3.20. The first-order valence-corrected chi connectivity index (χ1v) is 6.54. The molecule has 2 atom stereocenters. The zero-order valence-corrected chi connectivity index (χ0v) is 12.5. The van der Waals surface area contributed by atoms with Crippen molar-refractivity contribution in [2.75, 3.05) is 0 Å². The van der Waals surface area contributed by atoms with Gasteiger partial charge in [-0.1, -0.05) is 36.7 Å². The number of benzene rings is 1. The molecule has 0 heterocycles. The zero-order chi connectivity index (χ0) is 15.0. The molecule has 2 nitrogen and oxygen atoms in total. The first kappa shape index (κ1) is 16.5. The molecule has 0 fully saturated rings. The zero-order valence-electron chi connectivity index (χ0n) is 10.9. The van der Waals surface area contributed by atoms with Gasteiger partial charge in [-0.25, -0.2) is 0 Å². The van der Waals surface area contributed by atoms with Crippen LogP contribution < -0.4 is 5.73 Å². The summed E-state index contributed by atoms with van der Waals surface area (Å²) in [7, 11) is 0. The van der Waals surface area contributed by atoms with Gasteiger partial charge in [0.05, 0.1) is 17.7 Å². The quantitative estimate of drug-likeness (QED) is 0.858. The molecule has 1 aromatic rings. The van der Waals surface area contributed by atoms with Crippen LogP contribution in [0.25, 0.3) is 0 Å². The average molecular weight is 340 g/mol. The van der Waals surface area contributed by atoms with E-state index in [2.05, 4.69) is 15.9 Å². The molecular formula is C13H17BrF3NO. The summed E-state index contributed by atoms with van der Waals surface area (Å²) in [6.45, 7) is 5.33. The molecule has 0 spiro atoms. The van der Waals surface area contributed by atoms with Gasteiger partial charge in [-0.05, 0) is 29.2 Å². The molecule has 1 aromatic carbocycles. The van der Waals surface area contributed by atoms with Crippen molar-refractivity contribution in [1.82, 2.24) is 0 Å². The van der Waals surface area contributed by atoms with E-state index in [0.717, 1.165) is 12.1 Å². The van der Waals surface area contributed by atoms with Crippen molar-refractivity contribution in [3.8, 4) is 0 Å². The first-order chi connectivity index (χ1) is 8.44. The minimum absolute atomic E-state index is 0.247. The van der Waals surface area contributed by atoms with Gasteiger partial charge >= 0.3 is 6.18 Å². The lowest BCUT2D eigenvalue weighted by Crippen LogP contribution is -2.37. The monoisotopic (exact) mass is 339 g/mol. The molecular weight excluding hydrogens is 323 g/mol. The first-order valence-electron chi connectivity index (χ1n) is 5.75. The Bertz CT molecular complexity index is 454. The van der Waals surface area contributed by atoms with Crippen molar-refractivity contribution >= 4 is 15.9 Å². The number of hydrogen-bond acceptors (Lipinski definition) is 2. The molecule has 0 aliphatic carbocycles. The van der Waals surface area contributed by atoms with Crippen LogP contribution in [0.15, 0.2) is 22.7 Å². The van der Waals surface area contributed by atoms with Gasteiger partial charge in [-0.15, -0.1) is 0 Å². The predicted molar refractivity (Wildman–Crippen MR) is 71.5 cm³/mol. The van der Waals surface area contributed by atoms with Crippen molar-refractivity contribution in [2.24, 2.45) is 11.1 Å². The standard InChI is InChI=1S/C13H17BrF3NO/c1-12(2,3)11(19)10(18)8-6-7(13(15,16)17)4-5-9(8)14/h4-6,10-11,19H,18H2,1-3H3/t10-,11-/m1/s1. The number of aliphatic hydroxyl groups is 1. The van der Waals surface area contributed by atoms with Gasteiger partial charge in [0.25, 0.3) is 0 Å². The molecule has 0 unspecified atom stereocenters. The van der Waals surface area contributed by atoms with E-state index in [4.69, 9.17) is 5.73 Å². The summed E-state index contributed by atoms with van der Waals surface area (Å²) in [6, 6.07) is 2.36. The summed E-state index contributed by atoms with van der Waals surface area (Å²) < 4.78 is 38.5. The lowest BCUT2D eigenvalue weighted by Gasteiger charge is -2.31. The molecule has 108 valence electrons.